The fourth-order valence-corrected chi connectivity index (χ4v) is 5.17. The number of benzene rings is 1. The number of nitrogens with zero attached hydrogens (tertiary/aromatic N) is 3. The number of pyridine rings is 1. The highest BCUT2D eigenvalue weighted by Crippen LogP contribution is 2.37. The quantitative estimate of drug-likeness (QED) is 0.701. The van der Waals surface area contributed by atoms with Crippen molar-refractivity contribution in [1.29, 1.82) is 0 Å². The fourth-order valence-electron chi connectivity index (χ4n) is 4.96. The SMILES string of the molecule is COc1cc(=O)n2c(c1C(=O)N1CCCC(O)C1)CCN(Cc1cc3c(cc1Cl)OCO3)CC2. The molecule has 0 spiro atoms. The van der Waals surface area contributed by atoms with Gasteiger partial charge >= 0.3 is 0 Å². The number of rotatable bonds is 4. The van der Waals surface area contributed by atoms with E-state index in [0.717, 1.165) is 12.0 Å². The molecule has 1 amide bonds. The molecule has 1 fully saturated rings. The van der Waals surface area contributed by atoms with Gasteiger partial charge in [-0.1, -0.05) is 11.6 Å². The molecule has 3 aliphatic heterocycles. The van der Waals surface area contributed by atoms with Crippen LogP contribution < -0.4 is 19.8 Å². The van der Waals surface area contributed by atoms with E-state index >= 15 is 0 Å². The van der Waals surface area contributed by atoms with Crippen molar-refractivity contribution >= 4 is 17.5 Å². The highest BCUT2D eigenvalue weighted by molar-refractivity contribution is 6.31. The summed E-state index contributed by atoms with van der Waals surface area (Å²) in [5, 5.41) is 10.7. The van der Waals surface area contributed by atoms with Gasteiger partial charge in [0.1, 0.15) is 11.3 Å². The smallest absolute Gasteiger partial charge is 0.259 e. The summed E-state index contributed by atoms with van der Waals surface area (Å²) in [4.78, 5) is 30.3. The van der Waals surface area contributed by atoms with Crippen LogP contribution in [0.5, 0.6) is 17.2 Å². The monoisotopic (exact) mass is 489 g/mol. The Morgan fingerprint density at radius 1 is 1.18 bits per heavy atom. The minimum absolute atomic E-state index is 0.184. The van der Waals surface area contributed by atoms with Gasteiger partial charge in [-0.05, 0) is 24.5 Å². The summed E-state index contributed by atoms with van der Waals surface area (Å²) in [6, 6.07) is 5.06. The van der Waals surface area contributed by atoms with Crippen molar-refractivity contribution < 1.29 is 24.1 Å². The maximum absolute atomic E-state index is 13.5. The molecule has 1 unspecified atom stereocenters. The van der Waals surface area contributed by atoms with E-state index in [1.807, 2.05) is 6.07 Å². The number of piperidine rings is 1. The lowest BCUT2D eigenvalue weighted by Crippen LogP contribution is -2.43. The van der Waals surface area contributed by atoms with Crippen LogP contribution in [-0.4, -0.2) is 71.6 Å². The van der Waals surface area contributed by atoms with E-state index in [1.54, 1.807) is 15.5 Å². The fraction of sp³-hybridized carbons (Fsp3) is 0.500. The molecule has 1 atom stereocenters. The van der Waals surface area contributed by atoms with Crippen LogP contribution in [-0.2, 0) is 19.5 Å². The van der Waals surface area contributed by atoms with E-state index in [1.165, 1.54) is 13.2 Å². The molecule has 0 saturated carbocycles. The molecule has 9 nitrogen and oxygen atoms in total. The van der Waals surface area contributed by atoms with Crippen molar-refractivity contribution in [3.05, 3.63) is 50.4 Å². The third-order valence-electron chi connectivity index (χ3n) is 6.74. The number of halogens is 1. The average Bonchev–Trinajstić information content (AvgIpc) is 3.16. The Bertz CT molecular complexity index is 1170. The molecule has 1 aromatic carbocycles. The number of amides is 1. The zero-order valence-corrected chi connectivity index (χ0v) is 19.8. The maximum atomic E-state index is 13.5. The van der Waals surface area contributed by atoms with E-state index in [4.69, 9.17) is 25.8 Å². The van der Waals surface area contributed by atoms with Gasteiger partial charge in [0.2, 0.25) is 6.79 Å². The first-order valence-electron chi connectivity index (χ1n) is 11.5. The minimum Gasteiger partial charge on any atom is -0.496 e. The standard InChI is InChI=1S/C24H28ClN3O6/c1-32-21-11-22(30)28-8-7-26(12-15-9-19-20(10-17(15)25)34-14-33-19)6-4-18(28)23(21)24(31)27-5-2-3-16(29)13-27/h9-11,16,29H,2-8,12-14H2,1H3. The maximum Gasteiger partial charge on any atom is 0.259 e. The molecule has 0 aliphatic carbocycles. The zero-order valence-electron chi connectivity index (χ0n) is 19.1. The molecule has 182 valence electrons. The van der Waals surface area contributed by atoms with Gasteiger partial charge in [0, 0.05) is 68.5 Å². The van der Waals surface area contributed by atoms with Gasteiger partial charge in [0.25, 0.3) is 11.5 Å². The summed E-state index contributed by atoms with van der Waals surface area (Å²) in [6.07, 6.45) is 1.40. The minimum atomic E-state index is -0.532. The second-order valence-corrected chi connectivity index (χ2v) is 9.30. The first-order chi connectivity index (χ1) is 16.4. The number of methoxy groups -OCH3 is 1. The molecular formula is C24H28ClN3O6. The Morgan fingerprint density at radius 3 is 2.74 bits per heavy atom. The van der Waals surface area contributed by atoms with Crippen LogP contribution in [0.2, 0.25) is 5.02 Å². The third kappa shape index (κ3) is 4.35. The summed E-state index contributed by atoms with van der Waals surface area (Å²) in [5.41, 5.74) is 1.82. The molecule has 34 heavy (non-hydrogen) atoms. The molecule has 1 saturated heterocycles. The average molecular weight is 490 g/mol. The zero-order chi connectivity index (χ0) is 23.8. The Kier molecular flexibility index (Phi) is 6.42. The molecule has 1 N–H and O–H groups in total. The van der Waals surface area contributed by atoms with Crippen LogP contribution in [0.3, 0.4) is 0 Å². The van der Waals surface area contributed by atoms with Crippen LogP contribution in [0.15, 0.2) is 23.0 Å². The summed E-state index contributed by atoms with van der Waals surface area (Å²) in [5.74, 6) is 1.40. The molecule has 3 aliphatic rings. The van der Waals surface area contributed by atoms with Crippen LogP contribution in [0.1, 0.15) is 34.5 Å². The van der Waals surface area contributed by atoms with E-state index in [2.05, 4.69) is 4.90 Å². The first-order valence-corrected chi connectivity index (χ1v) is 11.9. The molecule has 2 aromatic rings. The predicted octanol–water partition coefficient (Wildman–Crippen LogP) is 1.89. The first kappa shape index (κ1) is 23.0. The number of β-amino-alcohol motifs (C(OH)–C–C–N with tert-alkyl or cyclic N) is 1. The Morgan fingerprint density at radius 2 is 1.97 bits per heavy atom. The third-order valence-corrected chi connectivity index (χ3v) is 7.09. The summed E-state index contributed by atoms with van der Waals surface area (Å²) in [7, 11) is 1.47. The Balaban J connectivity index is 1.42. The van der Waals surface area contributed by atoms with Gasteiger partial charge in [-0.2, -0.15) is 0 Å². The predicted molar refractivity (Wildman–Crippen MR) is 125 cm³/mol. The molecule has 1 aromatic heterocycles. The van der Waals surface area contributed by atoms with Gasteiger partial charge < -0.3 is 28.8 Å². The second-order valence-electron chi connectivity index (χ2n) is 8.89. The highest BCUT2D eigenvalue weighted by atomic mass is 35.5. The van der Waals surface area contributed by atoms with E-state index < -0.39 is 6.10 Å². The second kappa shape index (κ2) is 9.48. The van der Waals surface area contributed by atoms with Crippen molar-refractivity contribution in [2.75, 3.05) is 40.1 Å². The largest absolute Gasteiger partial charge is 0.496 e. The molecular weight excluding hydrogens is 462 g/mol. The lowest BCUT2D eigenvalue weighted by molar-refractivity contribution is 0.0469. The number of hydrogen-bond acceptors (Lipinski definition) is 7. The van der Waals surface area contributed by atoms with Gasteiger partial charge in [-0.25, -0.2) is 0 Å². The van der Waals surface area contributed by atoms with E-state index in [0.29, 0.717) is 73.3 Å². The van der Waals surface area contributed by atoms with Crippen LogP contribution in [0.4, 0.5) is 0 Å². The lowest BCUT2D eigenvalue weighted by atomic mass is 10.0. The topological polar surface area (TPSA) is 93.5 Å². The number of carbonyl (C=O) groups excluding carboxylic acids is 1. The van der Waals surface area contributed by atoms with Crippen molar-refractivity contribution in [2.45, 2.75) is 38.5 Å². The summed E-state index contributed by atoms with van der Waals surface area (Å²) >= 11 is 6.48. The summed E-state index contributed by atoms with van der Waals surface area (Å²) < 4.78 is 18.0. The Labute approximate surface area is 202 Å². The number of aromatic nitrogens is 1. The van der Waals surface area contributed by atoms with Crippen LogP contribution in [0, 0.1) is 0 Å². The van der Waals surface area contributed by atoms with Crippen molar-refractivity contribution in [1.82, 2.24) is 14.4 Å². The number of fused-ring (bicyclic) bond motifs is 2. The molecule has 5 rings (SSSR count). The number of ether oxygens (including phenoxy) is 3. The Hall–Kier alpha value is -2.75. The van der Waals surface area contributed by atoms with Crippen molar-refractivity contribution in [3.63, 3.8) is 0 Å². The number of carbonyl (C=O) groups is 1. The number of aliphatic hydroxyl groups excluding tert-OH is 1. The van der Waals surface area contributed by atoms with Crippen molar-refractivity contribution in [3.8, 4) is 17.2 Å². The molecule has 4 heterocycles. The summed E-state index contributed by atoms with van der Waals surface area (Å²) in [6.45, 7) is 3.34. The molecule has 10 heteroatoms. The lowest BCUT2D eigenvalue weighted by Gasteiger charge is -2.31. The number of likely N-dealkylation sites (tertiary alicyclic amines) is 1. The van der Waals surface area contributed by atoms with E-state index in [9.17, 15) is 14.7 Å². The highest BCUT2D eigenvalue weighted by Gasteiger charge is 2.30. The van der Waals surface area contributed by atoms with Gasteiger partial charge in [-0.15, -0.1) is 0 Å². The normalized spacial score (nSPS) is 20.1. The van der Waals surface area contributed by atoms with Crippen LogP contribution in [0.25, 0.3) is 0 Å². The number of aliphatic hydroxyl groups is 1. The van der Waals surface area contributed by atoms with Gasteiger partial charge in [-0.3, -0.25) is 14.5 Å². The molecule has 0 bridgehead atoms. The van der Waals surface area contributed by atoms with Gasteiger partial charge in [0.05, 0.1) is 13.2 Å². The number of hydrogen-bond donors (Lipinski definition) is 1. The van der Waals surface area contributed by atoms with Crippen LogP contribution >= 0.6 is 11.6 Å². The van der Waals surface area contributed by atoms with Gasteiger partial charge in [0.15, 0.2) is 11.5 Å². The molecule has 0 radical (unpaired) electrons. The van der Waals surface area contributed by atoms with E-state index in [-0.39, 0.29) is 30.6 Å². The van der Waals surface area contributed by atoms with Crippen molar-refractivity contribution in [2.24, 2.45) is 0 Å².